The molecule has 1 heterocycles. The number of sulfonamides is 1. The van der Waals surface area contributed by atoms with Crippen molar-refractivity contribution < 1.29 is 13.3 Å². The minimum atomic E-state index is -3.61. The van der Waals surface area contributed by atoms with E-state index in [9.17, 15) is 8.42 Å². The van der Waals surface area contributed by atoms with E-state index in [0.717, 1.165) is 10.0 Å². The van der Waals surface area contributed by atoms with E-state index in [1.54, 1.807) is 12.1 Å². The summed E-state index contributed by atoms with van der Waals surface area (Å²) in [7, 11) is -3.61. The Labute approximate surface area is 99.8 Å². The highest BCUT2D eigenvalue weighted by Gasteiger charge is 2.30. The van der Waals surface area contributed by atoms with Gasteiger partial charge in [0.2, 0.25) is 0 Å². The molecule has 0 spiro atoms. The van der Waals surface area contributed by atoms with Gasteiger partial charge < -0.3 is 0 Å². The standard InChI is InChI=1S/C10H12ClNO3S/c1-8-3-4-10(9(11)7-8)16(13,14)12-5-2-6-15-12/h3-4,7H,2,5-6H2,1H3. The third kappa shape index (κ3) is 2.08. The Morgan fingerprint density at radius 1 is 1.44 bits per heavy atom. The molecule has 0 saturated carbocycles. The van der Waals surface area contributed by atoms with Crippen LogP contribution in [0.15, 0.2) is 23.1 Å². The molecule has 0 N–H and O–H groups in total. The molecule has 0 bridgehead atoms. The zero-order chi connectivity index (χ0) is 11.8. The minimum absolute atomic E-state index is 0.0988. The van der Waals surface area contributed by atoms with Crippen molar-refractivity contribution in [2.45, 2.75) is 18.2 Å². The zero-order valence-electron chi connectivity index (χ0n) is 8.81. The molecule has 0 atom stereocenters. The summed E-state index contributed by atoms with van der Waals surface area (Å²) in [5.41, 5.74) is 0.922. The highest BCUT2D eigenvalue weighted by Crippen LogP contribution is 2.27. The molecule has 1 aromatic carbocycles. The van der Waals surface area contributed by atoms with Gasteiger partial charge in [-0.05, 0) is 31.0 Å². The van der Waals surface area contributed by atoms with Crippen LogP contribution in [0.25, 0.3) is 0 Å². The highest BCUT2D eigenvalue weighted by molar-refractivity contribution is 7.89. The van der Waals surface area contributed by atoms with E-state index in [1.807, 2.05) is 6.92 Å². The monoisotopic (exact) mass is 261 g/mol. The second kappa shape index (κ2) is 4.33. The average molecular weight is 262 g/mol. The smallest absolute Gasteiger partial charge is 0.266 e. The lowest BCUT2D eigenvalue weighted by atomic mass is 10.2. The average Bonchev–Trinajstić information content (AvgIpc) is 2.69. The first-order chi connectivity index (χ1) is 7.51. The minimum Gasteiger partial charge on any atom is -0.284 e. The summed E-state index contributed by atoms with van der Waals surface area (Å²) in [5, 5.41) is 0.232. The van der Waals surface area contributed by atoms with Gasteiger partial charge in [-0.3, -0.25) is 4.84 Å². The van der Waals surface area contributed by atoms with Crippen LogP contribution in [0.2, 0.25) is 5.02 Å². The van der Waals surface area contributed by atoms with Crippen molar-refractivity contribution in [3.8, 4) is 0 Å². The van der Waals surface area contributed by atoms with Crippen LogP contribution in [0.4, 0.5) is 0 Å². The zero-order valence-corrected chi connectivity index (χ0v) is 10.4. The van der Waals surface area contributed by atoms with Crippen LogP contribution < -0.4 is 0 Å². The van der Waals surface area contributed by atoms with Crippen molar-refractivity contribution in [2.75, 3.05) is 13.2 Å². The van der Waals surface area contributed by atoms with E-state index in [-0.39, 0.29) is 9.92 Å². The molecule has 0 aromatic heterocycles. The van der Waals surface area contributed by atoms with Gasteiger partial charge in [-0.2, -0.15) is 0 Å². The number of aryl methyl sites for hydroxylation is 1. The molecule has 1 aliphatic heterocycles. The number of halogens is 1. The van der Waals surface area contributed by atoms with Crippen LogP contribution in [0.5, 0.6) is 0 Å². The summed E-state index contributed by atoms with van der Waals surface area (Å²) in [4.78, 5) is 5.14. The number of hydrogen-bond acceptors (Lipinski definition) is 3. The van der Waals surface area contributed by atoms with Crippen molar-refractivity contribution in [2.24, 2.45) is 0 Å². The molecule has 0 unspecified atom stereocenters. The van der Waals surface area contributed by atoms with Gasteiger partial charge in [0.1, 0.15) is 4.90 Å². The molecule has 0 aliphatic carbocycles. The lowest BCUT2D eigenvalue weighted by molar-refractivity contribution is -0.0284. The lowest BCUT2D eigenvalue weighted by Crippen LogP contribution is -2.27. The van der Waals surface area contributed by atoms with E-state index in [1.165, 1.54) is 6.07 Å². The predicted molar refractivity (Wildman–Crippen MR) is 60.6 cm³/mol. The van der Waals surface area contributed by atoms with E-state index in [2.05, 4.69) is 0 Å². The molecular formula is C10H12ClNO3S. The number of hydroxylamine groups is 1. The fraction of sp³-hybridized carbons (Fsp3) is 0.400. The van der Waals surface area contributed by atoms with Crippen LogP contribution in [-0.4, -0.2) is 26.0 Å². The number of nitrogens with zero attached hydrogens (tertiary/aromatic N) is 1. The summed E-state index contributed by atoms with van der Waals surface area (Å²) in [6.07, 6.45) is 0.711. The van der Waals surface area contributed by atoms with E-state index in [4.69, 9.17) is 16.4 Å². The first kappa shape index (κ1) is 11.9. The second-order valence-electron chi connectivity index (χ2n) is 3.65. The molecule has 1 aromatic rings. The first-order valence-corrected chi connectivity index (χ1v) is 6.75. The number of hydrogen-bond donors (Lipinski definition) is 0. The molecule has 2 rings (SSSR count). The molecule has 1 saturated heterocycles. The van der Waals surface area contributed by atoms with E-state index >= 15 is 0 Å². The van der Waals surface area contributed by atoms with Gasteiger partial charge in [0, 0.05) is 6.54 Å². The predicted octanol–water partition coefficient (Wildman–Crippen LogP) is 1.97. The van der Waals surface area contributed by atoms with Crippen molar-refractivity contribution in [3.05, 3.63) is 28.8 Å². The molecular weight excluding hydrogens is 250 g/mol. The summed E-state index contributed by atoms with van der Waals surface area (Å²) in [5.74, 6) is 0. The van der Waals surface area contributed by atoms with Gasteiger partial charge in [0.05, 0.1) is 11.6 Å². The molecule has 4 nitrogen and oxygen atoms in total. The maximum Gasteiger partial charge on any atom is 0.266 e. The van der Waals surface area contributed by atoms with Gasteiger partial charge in [0.15, 0.2) is 0 Å². The number of benzene rings is 1. The third-order valence-corrected chi connectivity index (χ3v) is 4.51. The molecule has 0 radical (unpaired) electrons. The molecule has 88 valence electrons. The summed E-state index contributed by atoms with van der Waals surface area (Å²) >= 11 is 5.93. The van der Waals surface area contributed by atoms with E-state index in [0.29, 0.717) is 19.6 Å². The van der Waals surface area contributed by atoms with Crippen molar-refractivity contribution in [1.29, 1.82) is 0 Å². The molecule has 6 heteroatoms. The Hall–Kier alpha value is -0.620. The van der Waals surface area contributed by atoms with Gasteiger partial charge >= 0.3 is 0 Å². The van der Waals surface area contributed by atoms with Crippen LogP contribution in [0, 0.1) is 6.92 Å². The van der Waals surface area contributed by atoms with Crippen LogP contribution in [0.1, 0.15) is 12.0 Å². The van der Waals surface area contributed by atoms with Crippen LogP contribution in [-0.2, 0) is 14.9 Å². The van der Waals surface area contributed by atoms with Crippen molar-refractivity contribution in [1.82, 2.24) is 4.47 Å². The fourth-order valence-electron chi connectivity index (χ4n) is 1.54. The second-order valence-corrected chi connectivity index (χ2v) is 5.86. The van der Waals surface area contributed by atoms with Crippen LogP contribution >= 0.6 is 11.6 Å². The van der Waals surface area contributed by atoms with Gasteiger partial charge in [-0.1, -0.05) is 22.1 Å². The Bertz CT molecular complexity index is 495. The molecule has 16 heavy (non-hydrogen) atoms. The first-order valence-electron chi connectivity index (χ1n) is 4.93. The third-order valence-electron chi connectivity index (χ3n) is 2.35. The molecule has 1 fully saturated rings. The molecule has 1 aliphatic rings. The van der Waals surface area contributed by atoms with Gasteiger partial charge in [-0.25, -0.2) is 8.42 Å². The Morgan fingerprint density at radius 2 is 2.19 bits per heavy atom. The summed E-state index contributed by atoms with van der Waals surface area (Å²) < 4.78 is 25.2. The highest BCUT2D eigenvalue weighted by atomic mass is 35.5. The number of rotatable bonds is 2. The van der Waals surface area contributed by atoms with Crippen molar-refractivity contribution >= 4 is 21.6 Å². The quantitative estimate of drug-likeness (QED) is 0.818. The summed E-state index contributed by atoms with van der Waals surface area (Å²) in [6, 6.07) is 4.86. The summed E-state index contributed by atoms with van der Waals surface area (Å²) in [6.45, 7) is 2.67. The van der Waals surface area contributed by atoms with Crippen LogP contribution in [0.3, 0.4) is 0 Å². The van der Waals surface area contributed by atoms with E-state index < -0.39 is 10.0 Å². The Kier molecular flexibility index (Phi) is 3.21. The van der Waals surface area contributed by atoms with Gasteiger partial charge in [0.25, 0.3) is 10.0 Å². The largest absolute Gasteiger partial charge is 0.284 e. The normalized spacial score (nSPS) is 17.9. The fourth-order valence-corrected chi connectivity index (χ4v) is 3.41. The maximum absolute atomic E-state index is 12.1. The lowest BCUT2D eigenvalue weighted by Gasteiger charge is -2.15. The van der Waals surface area contributed by atoms with Crippen molar-refractivity contribution in [3.63, 3.8) is 0 Å². The Balaban J connectivity index is 2.42. The van der Waals surface area contributed by atoms with Gasteiger partial charge in [-0.15, -0.1) is 0 Å². The topological polar surface area (TPSA) is 46.6 Å². The Morgan fingerprint density at radius 3 is 2.75 bits per heavy atom. The maximum atomic E-state index is 12.1. The SMILES string of the molecule is Cc1ccc(S(=O)(=O)N2CCCO2)c(Cl)c1. The molecule has 0 amide bonds.